The van der Waals surface area contributed by atoms with Crippen LogP contribution in [0.25, 0.3) is 0 Å². The number of carbonyl (C=O) groups excluding carboxylic acids is 1. The fourth-order valence-electron chi connectivity index (χ4n) is 5.28. The van der Waals surface area contributed by atoms with Gasteiger partial charge in [-0.15, -0.1) is 0 Å². The predicted molar refractivity (Wildman–Crippen MR) is 167 cm³/mol. The van der Waals surface area contributed by atoms with E-state index >= 15 is 0 Å². The molecule has 0 saturated carbocycles. The molecule has 0 saturated heterocycles. The third kappa shape index (κ3) is 26.2. The van der Waals surface area contributed by atoms with Gasteiger partial charge in [-0.05, 0) is 12.8 Å². The highest BCUT2D eigenvalue weighted by atomic mass is 32.2. The van der Waals surface area contributed by atoms with Crippen LogP contribution < -0.4 is 5.32 Å². The van der Waals surface area contributed by atoms with Gasteiger partial charge in [-0.3, -0.25) is 9.35 Å². The van der Waals surface area contributed by atoms with E-state index in [1.165, 1.54) is 96.3 Å². The molecule has 0 aliphatic rings. The maximum absolute atomic E-state index is 12.4. The summed E-state index contributed by atoms with van der Waals surface area (Å²) in [6.45, 7) is 4.37. The van der Waals surface area contributed by atoms with Crippen molar-refractivity contribution in [2.75, 3.05) is 5.75 Å². The minimum atomic E-state index is -4.38. The third-order valence-corrected chi connectivity index (χ3v) is 8.70. The van der Waals surface area contributed by atoms with E-state index in [0.717, 1.165) is 44.9 Å². The minimum Gasteiger partial charge on any atom is -0.391 e. The first kappa shape index (κ1) is 39.3. The number of unbranched alkanes of at least 4 members (excludes halogenated alkanes) is 21. The molecule has 3 unspecified atom stereocenters. The molecule has 8 heteroatoms. The number of hydrogen-bond donors (Lipinski definition) is 4. The molecular formula is C32H65NO6S. The number of aliphatic hydroxyl groups excluding tert-OH is 2. The SMILES string of the molecule is CCCCCCCCCCCCCCCCCCCCC(O)C(=O)NC(CS(=O)(=O)O)C(O)CCCCCCC. The summed E-state index contributed by atoms with van der Waals surface area (Å²) in [6, 6.07) is -1.14. The fraction of sp³-hybridized carbons (Fsp3) is 0.969. The molecule has 0 rings (SSSR count). The molecule has 0 aromatic heterocycles. The van der Waals surface area contributed by atoms with Crippen molar-refractivity contribution in [3.63, 3.8) is 0 Å². The highest BCUT2D eigenvalue weighted by molar-refractivity contribution is 7.85. The monoisotopic (exact) mass is 591 g/mol. The van der Waals surface area contributed by atoms with E-state index in [4.69, 9.17) is 0 Å². The van der Waals surface area contributed by atoms with Crippen LogP contribution in [-0.2, 0) is 14.9 Å². The zero-order valence-electron chi connectivity index (χ0n) is 26.1. The lowest BCUT2D eigenvalue weighted by atomic mass is 10.0. The molecular weight excluding hydrogens is 526 g/mol. The topological polar surface area (TPSA) is 124 Å². The second-order valence-corrected chi connectivity index (χ2v) is 13.4. The van der Waals surface area contributed by atoms with Crippen molar-refractivity contribution < 1.29 is 28.0 Å². The Hall–Kier alpha value is -0.700. The number of carbonyl (C=O) groups is 1. The maximum Gasteiger partial charge on any atom is 0.266 e. The van der Waals surface area contributed by atoms with Crippen LogP contribution in [0, 0.1) is 0 Å². The van der Waals surface area contributed by atoms with Crippen molar-refractivity contribution >= 4 is 16.0 Å². The zero-order valence-corrected chi connectivity index (χ0v) is 26.9. The Morgan fingerprint density at radius 2 is 0.900 bits per heavy atom. The summed E-state index contributed by atoms with van der Waals surface area (Å²) >= 11 is 0. The van der Waals surface area contributed by atoms with Crippen LogP contribution in [-0.4, -0.2) is 53.1 Å². The quantitative estimate of drug-likeness (QED) is 0.0498. The van der Waals surface area contributed by atoms with E-state index in [1.54, 1.807) is 0 Å². The summed E-state index contributed by atoms with van der Waals surface area (Å²) in [5.74, 6) is -1.45. The largest absolute Gasteiger partial charge is 0.391 e. The van der Waals surface area contributed by atoms with Crippen LogP contribution in [0.15, 0.2) is 0 Å². The summed E-state index contributed by atoms with van der Waals surface area (Å²) in [6.07, 6.45) is 26.1. The molecule has 4 N–H and O–H groups in total. The van der Waals surface area contributed by atoms with Crippen molar-refractivity contribution in [3.05, 3.63) is 0 Å². The lowest BCUT2D eigenvalue weighted by Gasteiger charge is -2.24. The van der Waals surface area contributed by atoms with Crippen LogP contribution in [0.1, 0.15) is 174 Å². The molecule has 0 bridgehead atoms. The van der Waals surface area contributed by atoms with Gasteiger partial charge in [0.05, 0.1) is 17.9 Å². The van der Waals surface area contributed by atoms with Gasteiger partial charge in [-0.1, -0.05) is 162 Å². The summed E-state index contributed by atoms with van der Waals surface area (Å²) in [7, 11) is -4.38. The van der Waals surface area contributed by atoms with Gasteiger partial charge in [0.2, 0.25) is 5.91 Å². The Morgan fingerprint density at radius 3 is 1.25 bits per heavy atom. The van der Waals surface area contributed by atoms with E-state index in [2.05, 4.69) is 19.2 Å². The number of aliphatic hydroxyl groups is 2. The molecule has 240 valence electrons. The fourth-order valence-corrected chi connectivity index (χ4v) is 6.04. The average molecular weight is 592 g/mol. The number of hydrogen-bond acceptors (Lipinski definition) is 5. The van der Waals surface area contributed by atoms with Gasteiger partial charge in [0, 0.05) is 0 Å². The number of rotatable bonds is 30. The van der Waals surface area contributed by atoms with Gasteiger partial charge < -0.3 is 15.5 Å². The van der Waals surface area contributed by atoms with Gasteiger partial charge in [-0.2, -0.15) is 8.42 Å². The first-order valence-corrected chi connectivity index (χ1v) is 18.4. The Bertz CT molecular complexity index is 672. The molecule has 1 amide bonds. The normalized spacial score (nSPS) is 14.2. The minimum absolute atomic E-state index is 0.302. The first-order valence-electron chi connectivity index (χ1n) is 16.8. The maximum atomic E-state index is 12.4. The Labute approximate surface area is 247 Å². The lowest BCUT2D eigenvalue weighted by molar-refractivity contribution is -0.131. The summed E-state index contributed by atoms with van der Waals surface area (Å²) in [4.78, 5) is 12.4. The molecule has 0 heterocycles. The smallest absolute Gasteiger partial charge is 0.266 e. The predicted octanol–water partition coefficient (Wildman–Crippen LogP) is 7.87. The third-order valence-electron chi connectivity index (χ3n) is 7.92. The zero-order chi connectivity index (χ0) is 29.9. The highest BCUT2D eigenvalue weighted by Crippen LogP contribution is 2.15. The van der Waals surface area contributed by atoms with Crippen LogP contribution in [0.5, 0.6) is 0 Å². The van der Waals surface area contributed by atoms with Crippen LogP contribution in [0.3, 0.4) is 0 Å². The van der Waals surface area contributed by atoms with Crippen molar-refractivity contribution in [2.45, 2.75) is 193 Å². The molecule has 7 nitrogen and oxygen atoms in total. The van der Waals surface area contributed by atoms with E-state index in [-0.39, 0.29) is 0 Å². The van der Waals surface area contributed by atoms with Crippen LogP contribution >= 0.6 is 0 Å². The molecule has 0 spiro atoms. The molecule has 0 radical (unpaired) electrons. The molecule has 0 fully saturated rings. The van der Waals surface area contributed by atoms with Crippen molar-refractivity contribution in [1.29, 1.82) is 0 Å². The standard InChI is InChI=1S/C32H65NO6S/c1-3-5-7-9-10-11-12-13-14-15-16-17-18-19-20-21-23-25-27-31(35)32(36)33-29(28-40(37,38)39)30(34)26-24-22-8-6-4-2/h29-31,34-35H,3-28H2,1-2H3,(H,33,36)(H,37,38,39). The molecule has 0 aliphatic carbocycles. The highest BCUT2D eigenvalue weighted by Gasteiger charge is 2.28. The van der Waals surface area contributed by atoms with E-state index in [1.807, 2.05) is 0 Å². The average Bonchev–Trinajstić information content (AvgIpc) is 2.90. The molecule has 40 heavy (non-hydrogen) atoms. The molecule has 0 aromatic rings. The second-order valence-electron chi connectivity index (χ2n) is 11.9. The van der Waals surface area contributed by atoms with Crippen LogP contribution in [0.2, 0.25) is 0 Å². The summed E-state index contributed by atoms with van der Waals surface area (Å²) < 4.78 is 32.0. The van der Waals surface area contributed by atoms with E-state index < -0.39 is 40.0 Å². The van der Waals surface area contributed by atoms with Gasteiger partial charge in [-0.25, -0.2) is 0 Å². The van der Waals surface area contributed by atoms with E-state index in [0.29, 0.717) is 19.3 Å². The number of amides is 1. The molecule has 0 aliphatic heterocycles. The van der Waals surface area contributed by atoms with E-state index in [9.17, 15) is 28.0 Å². The van der Waals surface area contributed by atoms with Gasteiger partial charge >= 0.3 is 0 Å². The Morgan fingerprint density at radius 1 is 0.575 bits per heavy atom. The van der Waals surface area contributed by atoms with Crippen molar-refractivity contribution in [2.24, 2.45) is 0 Å². The summed E-state index contributed by atoms with van der Waals surface area (Å²) in [5.41, 5.74) is 0. The van der Waals surface area contributed by atoms with Crippen molar-refractivity contribution in [1.82, 2.24) is 5.32 Å². The molecule has 3 atom stereocenters. The van der Waals surface area contributed by atoms with Gasteiger partial charge in [0.25, 0.3) is 10.1 Å². The van der Waals surface area contributed by atoms with Crippen LogP contribution in [0.4, 0.5) is 0 Å². The first-order chi connectivity index (χ1) is 19.2. The summed E-state index contributed by atoms with van der Waals surface area (Å²) in [5, 5.41) is 23.1. The second kappa shape index (κ2) is 27.2. The van der Waals surface area contributed by atoms with Gasteiger partial charge in [0.15, 0.2) is 0 Å². The Kier molecular flexibility index (Phi) is 26.7. The van der Waals surface area contributed by atoms with Gasteiger partial charge in [0.1, 0.15) is 6.10 Å². The number of nitrogens with one attached hydrogen (secondary N) is 1. The van der Waals surface area contributed by atoms with Crippen molar-refractivity contribution in [3.8, 4) is 0 Å². The Balaban J connectivity index is 3.86. The lowest BCUT2D eigenvalue weighted by Crippen LogP contribution is -2.50. The molecule has 0 aromatic carbocycles.